The Morgan fingerprint density at radius 3 is 2.59 bits per heavy atom. The summed E-state index contributed by atoms with van der Waals surface area (Å²) in [5, 5.41) is 8.77. The number of carboxylic acid groups (broad SMARTS) is 1. The molecule has 17 heavy (non-hydrogen) atoms. The molecule has 0 spiro atoms. The van der Waals surface area contributed by atoms with Crippen molar-refractivity contribution in [1.29, 1.82) is 0 Å². The highest BCUT2D eigenvalue weighted by molar-refractivity contribution is 5.76. The molecule has 2 aromatic rings. The Hall–Kier alpha value is -2.30. The molecule has 0 saturated heterocycles. The minimum atomic E-state index is -1.01. The van der Waals surface area contributed by atoms with Crippen LogP contribution < -0.4 is 0 Å². The van der Waals surface area contributed by atoms with Gasteiger partial charge in [-0.1, -0.05) is 0 Å². The van der Waals surface area contributed by atoms with E-state index >= 15 is 0 Å². The molecule has 0 radical (unpaired) electrons. The molecule has 0 atom stereocenters. The number of carboxylic acids is 1. The van der Waals surface area contributed by atoms with Crippen LogP contribution in [0.15, 0.2) is 36.8 Å². The van der Waals surface area contributed by atoms with Gasteiger partial charge >= 0.3 is 5.97 Å². The number of pyridine rings is 2. The molecule has 0 amide bonds. The highest BCUT2D eigenvalue weighted by atomic mass is 19.1. The number of nitrogens with zero attached hydrogens (tertiary/aromatic N) is 2. The van der Waals surface area contributed by atoms with Crippen LogP contribution in [0.25, 0.3) is 11.1 Å². The molecule has 0 aliphatic carbocycles. The zero-order chi connectivity index (χ0) is 12.3. The highest BCUT2D eigenvalue weighted by Crippen LogP contribution is 2.25. The van der Waals surface area contributed by atoms with Gasteiger partial charge in [0.15, 0.2) is 0 Å². The normalized spacial score (nSPS) is 10.2. The first kappa shape index (κ1) is 11.2. The second-order valence-corrected chi connectivity index (χ2v) is 3.44. The average molecular weight is 232 g/mol. The molecular formula is C12H9FN2O2. The summed E-state index contributed by atoms with van der Waals surface area (Å²) in [6.07, 6.45) is 4.06. The van der Waals surface area contributed by atoms with E-state index in [2.05, 4.69) is 9.97 Å². The Morgan fingerprint density at radius 1 is 1.24 bits per heavy atom. The first-order valence-corrected chi connectivity index (χ1v) is 4.94. The third-order valence-electron chi connectivity index (χ3n) is 2.30. The number of hydrogen-bond donors (Lipinski definition) is 1. The van der Waals surface area contributed by atoms with Crippen LogP contribution in [-0.4, -0.2) is 21.0 Å². The van der Waals surface area contributed by atoms with E-state index in [4.69, 9.17) is 5.11 Å². The first-order valence-electron chi connectivity index (χ1n) is 4.94. The monoisotopic (exact) mass is 232 g/mol. The molecule has 0 aliphatic rings. The lowest BCUT2D eigenvalue weighted by Gasteiger charge is -2.07. The second kappa shape index (κ2) is 4.69. The summed E-state index contributed by atoms with van der Waals surface area (Å²) in [7, 11) is 0. The molecule has 2 rings (SSSR count). The van der Waals surface area contributed by atoms with Gasteiger partial charge in [0.25, 0.3) is 0 Å². The molecule has 0 saturated carbocycles. The highest BCUT2D eigenvalue weighted by Gasteiger charge is 2.13. The summed E-state index contributed by atoms with van der Waals surface area (Å²) >= 11 is 0. The fourth-order valence-electron chi connectivity index (χ4n) is 1.61. The minimum Gasteiger partial charge on any atom is -0.481 e. The maximum atomic E-state index is 13.7. The van der Waals surface area contributed by atoms with E-state index in [-0.39, 0.29) is 12.0 Å². The van der Waals surface area contributed by atoms with Gasteiger partial charge in [0.2, 0.25) is 5.95 Å². The van der Waals surface area contributed by atoms with Gasteiger partial charge in [-0.05, 0) is 29.3 Å². The number of aliphatic carboxylic acids is 1. The van der Waals surface area contributed by atoms with E-state index in [0.29, 0.717) is 11.1 Å². The van der Waals surface area contributed by atoms with Crippen molar-refractivity contribution in [2.75, 3.05) is 0 Å². The second-order valence-electron chi connectivity index (χ2n) is 3.44. The Labute approximate surface area is 96.8 Å². The van der Waals surface area contributed by atoms with Crippen LogP contribution in [0.4, 0.5) is 4.39 Å². The number of hydrogen-bond acceptors (Lipinski definition) is 3. The molecule has 2 heterocycles. The minimum absolute atomic E-state index is 0.220. The molecular weight excluding hydrogens is 223 g/mol. The van der Waals surface area contributed by atoms with Crippen LogP contribution in [0.1, 0.15) is 5.56 Å². The summed E-state index contributed by atoms with van der Waals surface area (Å²) in [6.45, 7) is 0. The molecule has 5 heteroatoms. The zero-order valence-corrected chi connectivity index (χ0v) is 8.80. The zero-order valence-electron chi connectivity index (χ0n) is 8.80. The lowest BCUT2D eigenvalue weighted by atomic mass is 10.0. The fraction of sp³-hybridized carbons (Fsp3) is 0.0833. The van der Waals surface area contributed by atoms with E-state index < -0.39 is 11.9 Å². The van der Waals surface area contributed by atoms with Crippen LogP contribution in [0.2, 0.25) is 0 Å². The molecule has 0 aliphatic heterocycles. The van der Waals surface area contributed by atoms with E-state index in [1.807, 2.05) is 0 Å². The molecule has 2 aromatic heterocycles. The van der Waals surface area contributed by atoms with Gasteiger partial charge in [-0.15, -0.1) is 0 Å². The van der Waals surface area contributed by atoms with Gasteiger partial charge in [0.1, 0.15) is 0 Å². The predicted molar refractivity (Wildman–Crippen MR) is 58.8 cm³/mol. The standard InChI is InChI=1S/C12H9FN2O2/c13-12-11(8-1-4-14-5-2-8)9(3-6-15-12)7-10(16)17/h1-6H,7H2,(H,16,17). The summed E-state index contributed by atoms with van der Waals surface area (Å²) in [4.78, 5) is 18.1. The van der Waals surface area contributed by atoms with Crippen molar-refractivity contribution in [2.45, 2.75) is 6.42 Å². The topological polar surface area (TPSA) is 63.1 Å². The largest absolute Gasteiger partial charge is 0.481 e. The number of aromatic nitrogens is 2. The van der Waals surface area contributed by atoms with Crippen LogP contribution in [0.3, 0.4) is 0 Å². The Kier molecular flexibility index (Phi) is 3.09. The molecule has 86 valence electrons. The SMILES string of the molecule is O=C(O)Cc1ccnc(F)c1-c1ccncc1. The number of rotatable bonds is 3. The van der Waals surface area contributed by atoms with Crippen molar-refractivity contribution in [1.82, 2.24) is 9.97 Å². The summed E-state index contributed by atoms with van der Waals surface area (Å²) in [5.74, 6) is -1.68. The maximum Gasteiger partial charge on any atom is 0.307 e. The fourth-order valence-corrected chi connectivity index (χ4v) is 1.61. The Balaban J connectivity index is 2.55. The lowest BCUT2D eigenvalue weighted by Crippen LogP contribution is -2.04. The molecule has 1 N–H and O–H groups in total. The molecule has 0 bridgehead atoms. The van der Waals surface area contributed by atoms with Gasteiger partial charge in [-0.3, -0.25) is 9.78 Å². The van der Waals surface area contributed by atoms with E-state index in [9.17, 15) is 9.18 Å². The summed E-state index contributed by atoms with van der Waals surface area (Å²) in [5.41, 5.74) is 1.19. The van der Waals surface area contributed by atoms with Crippen LogP contribution in [0.5, 0.6) is 0 Å². The van der Waals surface area contributed by atoms with Gasteiger partial charge in [-0.2, -0.15) is 4.39 Å². The van der Waals surface area contributed by atoms with Crippen molar-refractivity contribution >= 4 is 5.97 Å². The first-order chi connectivity index (χ1) is 8.18. The quantitative estimate of drug-likeness (QED) is 0.821. The van der Waals surface area contributed by atoms with E-state index in [1.165, 1.54) is 24.7 Å². The lowest BCUT2D eigenvalue weighted by molar-refractivity contribution is -0.136. The summed E-state index contributed by atoms with van der Waals surface area (Å²) in [6, 6.07) is 4.74. The van der Waals surface area contributed by atoms with Crippen molar-refractivity contribution < 1.29 is 14.3 Å². The van der Waals surface area contributed by atoms with Crippen molar-refractivity contribution in [3.05, 3.63) is 48.3 Å². The van der Waals surface area contributed by atoms with Crippen LogP contribution >= 0.6 is 0 Å². The maximum absolute atomic E-state index is 13.7. The average Bonchev–Trinajstić information content (AvgIpc) is 2.29. The van der Waals surface area contributed by atoms with Crippen LogP contribution in [0, 0.1) is 5.95 Å². The van der Waals surface area contributed by atoms with E-state index in [1.54, 1.807) is 12.1 Å². The van der Waals surface area contributed by atoms with Gasteiger partial charge < -0.3 is 5.11 Å². The molecule has 4 nitrogen and oxygen atoms in total. The smallest absolute Gasteiger partial charge is 0.307 e. The van der Waals surface area contributed by atoms with Gasteiger partial charge in [-0.25, -0.2) is 4.98 Å². The van der Waals surface area contributed by atoms with Gasteiger partial charge in [0.05, 0.1) is 6.42 Å². The molecule has 0 unspecified atom stereocenters. The Bertz CT molecular complexity index is 543. The van der Waals surface area contributed by atoms with Crippen molar-refractivity contribution in [3.8, 4) is 11.1 Å². The third-order valence-corrected chi connectivity index (χ3v) is 2.30. The molecule has 0 fully saturated rings. The van der Waals surface area contributed by atoms with Crippen molar-refractivity contribution in [3.63, 3.8) is 0 Å². The van der Waals surface area contributed by atoms with Crippen molar-refractivity contribution in [2.24, 2.45) is 0 Å². The predicted octanol–water partition coefficient (Wildman–Crippen LogP) is 1.91. The number of halogens is 1. The Morgan fingerprint density at radius 2 is 1.94 bits per heavy atom. The third kappa shape index (κ3) is 2.44. The molecule has 0 aromatic carbocycles. The summed E-state index contributed by atoms with van der Waals surface area (Å²) < 4.78 is 13.7. The van der Waals surface area contributed by atoms with E-state index in [0.717, 1.165) is 0 Å². The van der Waals surface area contributed by atoms with Gasteiger partial charge in [0, 0.05) is 24.2 Å². The number of carbonyl (C=O) groups is 1. The van der Waals surface area contributed by atoms with Crippen LogP contribution in [-0.2, 0) is 11.2 Å².